The van der Waals surface area contributed by atoms with E-state index in [1.54, 1.807) is 34.3 Å². The minimum Gasteiger partial charge on any atom is -0.462 e. The molecule has 0 saturated carbocycles. The minimum absolute atomic E-state index is 0.341. The summed E-state index contributed by atoms with van der Waals surface area (Å²) in [4.78, 5) is 11.9. The molecule has 1 heterocycles. The van der Waals surface area contributed by atoms with Gasteiger partial charge in [-0.2, -0.15) is 0 Å². The van der Waals surface area contributed by atoms with Gasteiger partial charge in [-0.1, -0.05) is 0 Å². The Morgan fingerprint density at radius 2 is 1.95 bits per heavy atom. The highest BCUT2D eigenvalue weighted by molar-refractivity contribution is 6.46. The number of rotatable bonds is 6. The van der Waals surface area contributed by atoms with Crippen molar-refractivity contribution in [1.29, 1.82) is 0 Å². The summed E-state index contributed by atoms with van der Waals surface area (Å²) < 4.78 is 12.6. The van der Waals surface area contributed by atoms with Crippen LogP contribution in [0.2, 0.25) is 0 Å². The Labute approximate surface area is 127 Å². The number of ether oxygens (including phenoxy) is 1. The second-order valence-corrected chi connectivity index (χ2v) is 6.15. The standard InChI is InChI=1S/C15H25BNO4/c1-8-20-13(18)11-9-12(17(7)10(11)2)16-21-15(5,6)14(3,4)19/h9,19H,8H2,1-7H3. The van der Waals surface area contributed by atoms with E-state index in [4.69, 9.17) is 9.39 Å². The summed E-state index contributed by atoms with van der Waals surface area (Å²) in [5.41, 5.74) is 0.329. The lowest BCUT2D eigenvalue weighted by molar-refractivity contribution is -0.0894. The molecule has 0 aliphatic heterocycles. The first-order valence-electron chi connectivity index (χ1n) is 7.08. The smallest absolute Gasteiger partial charge is 0.348 e. The van der Waals surface area contributed by atoms with Crippen LogP contribution in [0.25, 0.3) is 0 Å². The Bertz CT molecular complexity index is 514. The van der Waals surface area contributed by atoms with Gasteiger partial charge in [-0.25, -0.2) is 4.79 Å². The van der Waals surface area contributed by atoms with Crippen LogP contribution < -0.4 is 5.59 Å². The topological polar surface area (TPSA) is 60.7 Å². The zero-order valence-electron chi connectivity index (χ0n) is 14.0. The Balaban J connectivity index is 2.91. The van der Waals surface area contributed by atoms with Crippen molar-refractivity contribution in [2.45, 2.75) is 52.7 Å². The molecule has 0 fully saturated rings. The molecule has 0 aromatic carbocycles. The third kappa shape index (κ3) is 3.89. The predicted octanol–water partition coefficient (Wildman–Crippen LogP) is 1.32. The van der Waals surface area contributed by atoms with Crippen molar-refractivity contribution < 1.29 is 19.3 Å². The number of aromatic nitrogens is 1. The molecule has 5 nitrogen and oxygen atoms in total. The molecule has 0 aliphatic carbocycles. The highest BCUT2D eigenvalue weighted by Crippen LogP contribution is 2.24. The average molecular weight is 294 g/mol. The highest BCUT2D eigenvalue weighted by Gasteiger charge is 2.36. The fourth-order valence-corrected chi connectivity index (χ4v) is 1.60. The van der Waals surface area contributed by atoms with E-state index in [2.05, 4.69) is 0 Å². The van der Waals surface area contributed by atoms with E-state index >= 15 is 0 Å². The lowest BCUT2D eigenvalue weighted by Crippen LogP contribution is -2.49. The van der Waals surface area contributed by atoms with Crippen LogP contribution in [-0.2, 0) is 16.4 Å². The van der Waals surface area contributed by atoms with E-state index in [0.717, 1.165) is 11.3 Å². The zero-order chi connectivity index (χ0) is 16.4. The van der Waals surface area contributed by atoms with Crippen LogP contribution in [-0.4, -0.2) is 40.9 Å². The molecule has 0 bridgehead atoms. The molecule has 0 aliphatic rings. The van der Waals surface area contributed by atoms with Crippen LogP contribution in [0.15, 0.2) is 6.07 Å². The van der Waals surface area contributed by atoms with E-state index in [9.17, 15) is 9.90 Å². The number of hydrogen-bond acceptors (Lipinski definition) is 4. The normalized spacial score (nSPS) is 12.4. The average Bonchev–Trinajstić information content (AvgIpc) is 2.63. The first kappa shape index (κ1) is 17.8. The second-order valence-electron chi connectivity index (χ2n) is 6.15. The lowest BCUT2D eigenvalue weighted by Gasteiger charge is -2.37. The molecule has 1 aromatic rings. The maximum atomic E-state index is 11.9. The summed E-state index contributed by atoms with van der Waals surface area (Å²) in [5, 5.41) is 10.1. The molecule has 6 heteroatoms. The van der Waals surface area contributed by atoms with Crippen molar-refractivity contribution in [2.75, 3.05) is 6.61 Å². The zero-order valence-corrected chi connectivity index (χ0v) is 14.0. The van der Waals surface area contributed by atoms with Crippen LogP contribution in [0.5, 0.6) is 0 Å². The van der Waals surface area contributed by atoms with E-state index in [0.29, 0.717) is 12.2 Å². The van der Waals surface area contributed by atoms with Crippen molar-refractivity contribution >= 4 is 19.0 Å². The van der Waals surface area contributed by atoms with E-state index in [-0.39, 0.29) is 5.97 Å². The van der Waals surface area contributed by atoms with E-state index < -0.39 is 11.2 Å². The van der Waals surface area contributed by atoms with Crippen molar-refractivity contribution in [3.63, 3.8) is 0 Å². The van der Waals surface area contributed by atoms with Gasteiger partial charge in [-0.3, -0.25) is 0 Å². The lowest BCUT2D eigenvalue weighted by atomic mass is 9.85. The third-order valence-electron chi connectivity index (χ3n) is 4.02. The number of carbonyl (C=O) groups is 1. The molecular weight excluding hydrogens is 269 g/mol. The maximum absolute atomic E-state index is 11.9. The largest absolute Gasteiger partial charge is 0.462 e. The Morgan fingerprint density at radius 3 is 2.43 bits per heavy atom. The van der Waals surface area contributed by atoms with Gasteiger partial charge in [0.2, 0.25) is 0 Å². The molecule has 21 heavy (non-hydrogen) atoms. The Kier molecular flexibility index (Phi) is 5.28. The quantitative estimate of drug-likeness (QED) is 0.635. The van der Waals surface area contributed by atoms with Gasteiger partial charge in [0.05, 0.1) is 23.4 Å². The van der Waals surface area contributed by atoms with Crippen LogP contribution >= 0.6 is 0 Å². The van der Waals surface area contributed by atoms with Crippen molar-refractivity contribution in [2.24, 2.45) is 7.05 Å². The summed E-state index contributed by atoms with van der Waals surface area (Å²) in [6.45, 7) is 11.0. The van der Waals surface area contributed by atoms with Gasteiger partial charge >= 0.3 is 13.5 Å². The summed E-state index contributed by atoms with van der Waals surface area (Å²) in [7, 11) is 3.41. The first-order valence-corrected chi connectivity index (χ1v) is 7.08. The monoisotopic (exact) mass is 294 g/mol. The fraction of sp³-hybridized carbons (Fsp3) is 0.667. The molecule has 1 aromatic heterocycles. The van der Waals surface area contributed by atoms with Gasteiger partial charge in [-0.15, -0.1) is 0 Å². The second kappa shape index (κ2) is 6.24. The molecular formula is C15H25BNO4. The van der Waals surface area contributed by atoms with Crippen LogP contribution in [0.3, 0.4) is 0 Å². The van der Waals surface area contributed by atoms with Crippen molar-refractivity contribution in [3.05, 3.63) is 17.3 Å². The number of nitrogens with zero attached hydrogens (tertiary/aromatic N) is 1. The van der Waals surface area contributed by atoms with Gasteiger partial charge in [0.15, 0.2) is 0 Å². The van der Waals surface area contributed by atoms with Gasteiger partial charge in [0, 0.05) is 18.3 Å². The molecule has 0 saturated heterocycles. The Morgan fingerprint density at radius 1 is 1.38 bits per heavy atom. The molecule has 1 N–H and O–H groups in total. The molecule has 0 amide bonds. The van der Waals surface area contributed by atoms with Crippen molar-refractivity contribution in [1.82, 2.24) is 4.57 Å². The molecule has 117 valence electrons. The third-order valence-corrected chi connectivity index (χ3v) is 4.02. The molecule has 1 rings (SSSR count). The number of hydrogen-bond donors (Lipinski definition) is 1. The summed E-state index contributed by atoms with van der Waals surface area (Å²) in [5.74, 6) is -0.341. The van der Waals surface area contributed by atoms with Crippen molar-refractivity contribution in [3.8, 4) is 0 Å². The van der Waals surface area contributed by atoms with E-state index in [1.165, 1.54) is 0 Å². The molecule has 0 atom stereocenters. The van der Waals surface area contributed by atoms with Gasteiger partial charge in [-0.05, 0) is 47.6 Å². The first-order chi connectivity index (χ1) is 9.51. The number of carbonyl (C=O) groups excluding carboxylic acids is 1. The van der Waals surface area contributed by atoms with Crippen LogP contribution in [0.4, 0.5) is 0 Å². The SMILES string of the molecule is CCOC(=O)c1cc([B]OC(C)(C)C(C)(C)O)n(C)c1C. The summed E-state index contributed by atoms with van der Waals surface area (Å²) >= 11 is 0. The highest BCUT2D eigenvalue weighted by atomic mass is 16.5. The number of aliphatic hydroxyl groups is 1. The van der Waals surface area contributed by atoms with Crippen LogP contribution in [0, 0.1) is 6.92 Å². The molecule has 1 radical (unpaired) electrons. The van der Waals surface area contributed by atoms with E-state index in [1.807, 2.05) is 32.4 Å². The summed E-state index contributed by atoms with van der Waals surface area (Å²) in [6, 6.07) is 1.73. The van der Waals surface area contributed by atoms with Gasteiger partial charge in [0.25, 0.3) is 0 Å². The molecule has 0 spiro atoms. The maximum Gasteiger partial charge on any atom is 0.348 e. The predicted molar refractivity (Wildman–Crippen MR) is 83.0 cm³/mol. The number of esters is 1. The Hall–Kier alpha value is -1.27. The molecule has 0 unspecified atom stereocenters. The van der Waals surface area contributed by atoms with Gasteiger partial charge in [0.1, 0.15) is 0 Å². The van der Waals surface area contributed by atoms with Gasteiger partial charge < -0.3 is 19.1 Å². The fourth-order valence-electron chi connectivity index (χ4n) is 1.60. The minimum atomic E-state index is -0.992. The van der Waals surface area contributed by atoms with Crippen LogP contribution in [0.1, 0.15) is 50.7 Å². The summed E-state index contributed by atoms with van der Waals surface area (Å²) in [6.07, 6.45) is 0.